The maximum absolute atomic E-state index is 6.33. The minimum atomic E-state index is 0.554. The molecule has 0 aromatic heterocycles. The van der Waals surface area contributed by atoms with E-state index in [-0.39, 0.29) is 0 Å². The number of nitrogen functional groups attached to an aromatic ring is 1. The first-order valence-corrected chi connectivity index (χ1v) is 7.13. The molecule has 0 bridgehead atoms. The first kappa shape index (κ1) is 13.9. The predicted octanol–water partition coefficient (Wildman–Crippen LogP) is 3.77. The van der Waals surface area contributed by atoms with Crippen molar-refractivity contribution in [2.75, 3.05) is 30.9 Å². The lowest BCUT2D eigenvalue weighted by atomic mass is 10.1. The molecule has 0 amide bonds. The Bertz CT molecular complexity index is 688. The van der Waals surface area contributed by atoms with Crippen LogP contribution in [0.4, 0.5) is 17.1 Å². The number of benzene rings is 2. The number of hydrogen-bond donors (Lipinski definition) is 1. The van der Waals surface area contributed by atoms with Crippen LogP contribution in [0, 0.1) is 6.92 Å². The molecular formula is C16H17ClN2O2. The first-order valence-electron chi connectivity index (χ1n) is 6.75. The Kier molecular flexibility index (Phi) is 3.55. The van der Waals surface area contributed by atoms with Gasteiger partial charge in [0.05, 0.1) is 16.4 Å². The fourth-order valence-corrected chi connectivity index (χ4v) is 2.64. The van der Waals surface area contributed by atoms with E-state index < -0.39 is 0 Å². The van der Waals surface area contributed by atoms with Crippen molar-refractivity contribution in [2.24, 2.45) is 0 Å². The molecular weight excluding hydrogens is 288 g/mol. The number of nitrogens with two attached hydrogens (primary N) is 1. The van der Waals surface area contributed by atoms with Gasteiger partial charge >= 0.3 is 0 Å². The van der Waals surface area contributed by atoms with Crippen molar-refractivity contribution in [1.82, 2.24) is 0 Å². The fourth-order valence-electron chi connectivity index (χ4n) is 2.40. The second kappa shape index (κ2) is 5.37. The van der Waals surface area contributed by atoms with Crippen LogP contribution >= 0.6 is 11.6 Å². The molecule has 21 heavy (non-hydrogen) atoms. The smallest absolute Gasteiger partial charge is 0.163 e. The van der Waals surface area contributed by atoms with Gasteiger partial charge in [-0.3, -0.25) is 0 Å². The lowest BCUT2D eigenvalue weighted by Gasteiger charge is -2.25. The van der Waals surface area contributed by atoms with Gasteiger partial charge in [-0.15, -0.1) is 0 Å². The van der Waals surface area contributed by atoms with Crippen molar-refractivity contribution >= 4 is 28.7 Å². The number of aryl methyl sites for hydroxylation is 1. The van der Waals surface area contributed by atoms with E-state index in [9.17, 15) is 0 Å². The molecule has 0 fully saturated rings. The molecule has 0 aliphatic carbocycles. The van der Waals surface area contributed by atoms with E-state index in [2.05, 4.69) is 0 Å². The third kappa shape index (κ3) is 2.59. The zero-order valence-corrected chi connectivity index (χ0v) is 12.8. The molecule has 4 nitrogen and oxygen atoms in total. The minimum Gasteiger partial charge on any atom is -0.486 e. The number of hydrogen-bond acceptors (Lipinski definition) is 4. The van der Waals surface area contributed by atoms with Gasteiger partial charge in [-0.1, -0.05) is 11.6 Å². The lowest BCUT2D eigenvalue weighted by Crippen LogP contribution is -2.16. The van der Waals surface area contributed by atoms with Crippen molar-refractivity contribution in [3.05, 3.63) is 40.9 Å². The zero-order chi connectivity index (χ0) is 15.0. The van der Waals surface area contributed by atoms with E-state index >= 15 is 0 Å². The van der Waals surface area contributed by atoms with Crippen LogP contribution in [0.3, 0.4) is 0 Å². The average molecular weight is 305 g/mol. The Morgan fingerprint density at radius 3 is 2.57 bits per heavy atom. The molecule has 0 radical (unpaired) electrons. The number of nitrogens with zero attached hydrogens (tertiary/aromatic N) is 1. The minimum absolute atomic E-state index is 0.554. The normalized spacial score (nSPS) is 13.1. The number of halogens is 1. The summed E-state index contributed by atoms with van der Waals surface area (Å²) in [4.78, 5) is 1.99. The van der Waals surface area contributed by atoms with Crippen LogP contribution in [-0.4, -0.2) is 20.3 Å². The summed E-state index contributed by atoms with van der Waals surface area (Å²) in [7, 11) is 1.95. The molecule has 0 saturated carbocycles. The molecule has 2 aromatic rings. The van der Waals surface area contributed by atoms with Gasteiger partial charge in [0, 0.05) is 18.8 Å². The van der Waals surface area contributed by atoms with Crippen LogP contribution in [0.2, 0.25) is 5.02 Å². The molecule has 0 saturated heterocycles. The van der Waals surface area contributed by atoms with Crippen LogP contribution < -0.4 is 20.1 Å². The van der Waals surface area contributed by atoms with Crippen LogP contribution in [-0.2, 0) is 0 Å². The maximum atomic E-state index is 6.33. The largest absolute Gasteiger partial charge is 0.486 e. The van der Waals surface area contributed by atoms with Crippen LogP contribution in [0.15, 0.2) is 30.3 Å². The van der Waals surface area contributed by atoms with E-state index in [1.807, 2.05) is 49.2 Å². The van der Waals surface area contributed by atoms with Gasteiger partial charge in [0.25, 0.3) is 0 Å². The summed E-state index contributed by atoms with van der Waals surface area (Å²) in [5.74, 6) is 1.52. The lowest BCUT2D eigenvalue weighted by molar-refractivity contribution is 0.171. The second-order valence-electron chi connectivity index (χ2n) is 5.07. The third-order valence-corrected chi connectivity index (χ3v) is 3.91. The number of anilines is 3. The van der Waals surface area contributed by atoms with Gasteiger partial charge in [-0.25, -0.2) is 0 Å². The molecule has 110 valence electrons. The standard InChI is InChI=1S/C16H17ClN2O2/c1-10-7-12(18)16(17)13(8-10)19(2)11-3-4-14-15(9-11)21-6-5-20-14/h3-4,7-9H,5-6,18H2,1-2H3. The van der Waals surface area contributed by atoms with Gasteiger partial charge in [-0.05, 0) is 36.8 Å². The van der Waals surface area contributed by atoms with E-state index in [1.165, 1.54) is 0 Å². The van der Waals surface area contributed by atoms with Gasteiger partial charge in [0.15, 0.2) is 11.5 Å². The molecule has 1 aliphatic heterocycles. The van der Waals surface area contributed by atoms with Crippen molar-refractivity contribution in [1.29, 1.82) is 0 Å². The predicted molar refractivity (Wildman–Crippen MR) is 86.1 cm³/mol. The second-order valence-corrected chi connectivity index (χ2v) is 5.45. The maximum Gasteiger partial charge on any atom is 0.163 e. The summed E-state index contributed by atoms with van der Waals surface area (Å²) in [6.07, 6.45) is 0. The Labute approximate surface area is 129 Å². The van der Waals surface area contributed by atoms with Crippen LogP contribution in [0.1, 0.15) is 5.56 Å². The van der Waals surface area contributed by atoms with Crippen molar-refractivity contribution in [2.45, 2.75) is 6.92 Å². The van der Waals surface area contributed by atoms with Crippen LogP contribution in [0.25, 0.3) is 0 Å². The summed E-state index contributed by atoms with van der Waals surface area (Å²) < 4.78 is 11.2. The molecule has 5 heteroatoms. The van der Waals surface area contributed by atoms with Crippen molar-refractivity contribution < 1.29 is 9.47 Å². The molecule has 0 atom stereocenters. The summed E-state index contributed by atoms with van der Waals surface area (Å²) in [6.45, 7) is 3.15. The monoisotopic (exact) mass is 304 g/mol. The Hall–Kier alpha value is -2.07. The Morgan fingerprint density at radius 1 is 1.10 bits per heavy atom. The van der Waals surface area contributed by atoms with E-state index in [1.54, 1.807) is 0 Å². The van der Waals surface area contributed by atoms with Gasteiger partial charge < -0.3 is 20.1 Å². The fraction of sp³-hybridized carbons (Fsp3) is 0.250. The molecule has 2 aromatic carbocycles. The van der Waals surface area contributed by atoms with Crippen molar-refractivity contribution in [3.8, 4) is 11.5 Å². The van der Waals surface area contributed by atoms with E-state index in [0.29, 0.717) is 23.9 Å². The summed E-state index contributed by atoms with van der Waals surface area (Å²) in [6, 6.07) is 9.71. The SMILES string of the molecule is Cc1cc(N)c(Cl)c(N(C)c2ccc3c(c2)OCCO3)c1. The number of rotatable bonds is 2. The summed E-state index contributed by atoms with van der Waals surface area (Å²) in [5.41, 5.74) is 9.42. The third-order valence-electron chi connectivity index (χ3n) is 3.50. The summed E-state index contributed by atoms with van der Waals surface area (Å²) in [5, 5.41) is 0.554. The molecule has 0 unspecified atom stereocenters. The Morgan fingerprint density at radius 2 is 1.81 bits per heavy atom. The highest BCUT2D eigenvalue weighted by Crippen LogP contribution is 2.39. The first-order chi connectivity index (χ1) is 10.1. The van der Waals surface area contributed by atoms with Gasteiger partial charge in [-0.2, -0.15) is 0 Å². The van der Waals surface area contributed by atoms with Gasteiger partial charge in [0.1, 0.15) is 13.2 Å². The molecule has 0 spiro atoms. The number of ether oxygens (including phenoxy) is 2. The highest BCUT2D eigenvalue weighted by atomic mass is 35.5. The van der Waals surface area contributed by atoms with Crippen LogP contribution in [0.5, 0.6) is 11.5 Å². The van der Waals surface area contributed by atoms with Crippen molar-refractivity contribution in [3.63, 3.8) is 0 Å². The molecule has 1 aliphatic rings. The molecule has 1 heterocycles. The van der Waals surface area contributed by atoms with E-state index in [0.717, 1.165) is 28.4 Å². The highest BCUT2D eigenvalue weighted by Gasteiger charge is 2.16. The average Bonchev–Trinajstić information content (AvgIpc) is 2.49. The quantitative estimate of drug-likeness (QED) is 0.858. The van der Waals surface area contributed by atoms with E-state index in [4.69, 9.17) is 26.8 Å². The van der Waals surface area contributed by atoms with Gasteiger partial charge in [0.2, 0.25) is 0 Å². The molecule has 2 N–H and O–H groups in total. The zero-order valence-electron chi connectivity index (χ0n) is 12.0. The Balaban J connectivity index is 2.00. The topological polar surface area (TPSA) is 47.7 Å². The highest BCUT2D eigenvalue weighted by molar-refractivity contribution is 6.36. The summed E-state index contributed by atoms with van der Waals surface area (Å²) >= 11 is 6.33. The number of fused-ring (bicyclic) bond motifs is 1. The molecule has 3 rings (SSSR count).